The molecule has 0 spiro atoms. The fourth-order valence-electron chi connectivity index (χ4n) is 3.69. The van der Waals surface area contributed by atoms with Gasteiger partial charge in [-0.1, -0.05) is 0 Å². The molecule has 1 aromatic heterocycles. The second kappa shape index (κ2) is 14.6. The first-order valence-electron chi connectivity index (χ1n) is 11.7. The van der Waals surface area contributed by atoms with Crippen molar-refractivity contribution in [2.24, 2.45) is 10.9 Å². The number of thiophene rings is 1. The molecule has 1 rings (SSSR count). The maximum atomic E-state index is 13.5. The SMILES string of the molecule is CCC[CH2][Sn]([CH2]CCC)([CH2]CCC)[O]C(=O)C(N=C(C)c1cccs1)C(C)CC. The number of unbranched alkanes of at least 4 members (excludes halogenated alkanes) is 3. The van der Waals surface area contributed by atoms with Crippen LogP contribution >= 0.6 is 11.3 Å². The van der Waals surface area contributed by atoms with Gasteiger partial charge in [0.05, 0.1) is 0 Å². The molecule has 2 atom stereocenters. The first-order chi connectivity index (χ1) is 13.9. The van der Waals surface area contributed by atoms with Crippen molar-refractivity contribution < 1.29 is 7.87 Å². The minimum absolute atomic E-state index is 0.0330. The van der Waals surface area contributed by atoms with E-state index in [-0.39, 0.29) is 17.9 Å². The number of hydrogen-bond acceptors (Lipinski definition) is 4. The number of carbonyl (C=O) groups excluding carboxylic acids is 1. The van der Waals surface area contributed by atoms with Gasteiger partial charge < -0.3 is 0 Å². The van der Waals surface area contributed by atoms with E-state index in [1.807, 2.05) is 13.0 Å². The minimum atomic E-state index is -2.97. The first-order valence-corrected chi connectivity index (χ1v) is 19.8. The van der Waals surface area contributed by atoms with E-state index < -0.39 is 18.8 Å². The third-order valence-electron chi connectivity index (χ3n) is 5.91. The molecule has 29 heavy (non-hydrogen) atoms. The Kier molecular flexibility index (Phi) is 13.4. The zero-order valence-electron chi connectivity index (χ0n) is 19.6. The van der Waals surface area contributed by atoms with Crippen LogP contribution in [-0.2, 0) is 7.87 Å². The summed E-state index contributed by atoms with van der Waals surface area (Å²) in [6.07, 6.45) is 8.06. The van der Waals surface area contributed by atoms with E-state index >= 15 is 0 Å². The Morgan fingerprint density at radius 2 is 1.62 bits per heavy atom. The van der Waals surface area contributed by atoms with Crippen molar-refractivity contribution in [2.45, 2.75) is 106 Å². The van der Waals surface area contributed by atoms with Gasteiger partial charge in [-0.15, -0.1) is 0 Å². The molecule has 0 aliphatic heterocycles. The van der Waals surface area contributed by atoms with Crippen LogP contribution < -0.4 is 0 Å². The Morgan fingerprint density at radius 3 is 2.03 bits per heavy atom. The van der Waals surface area contributed by atoms with Gasteiger partial charge in [0.2, 0.25) is 0 Å². The molecular weight excluding hydrogens is 485 g/mol. The van der Waals surface area contributed by atoms with E-state index in [0.717, 1.165) is 17.0 Å². The molecule has 0 saturated carbocycles. The monoisotopic (exact) mass is 529 g/mol. The van der Waals surface area contributed by atoms with Crippen molar-refractivity contribution in [2.75, 3.05) is 0 Å². The van der Waals surface area contributed by atoms with E-state index in [4.69, 9.17) is 8.07 Å². The summed E-state index contributed by atoms with van der Waals surface area (Å²) in [4.78, 5) is 19.5. The van der Waals surface area contributed by atoms with E-state index in [2.05, 4.69) is 46.1 Å². The van der Waals surface area contributed by atoms with Gasteiger partial charge in [0.15, 0.2) is 0 Å². The van der Waals surface area contributed by atoms with Gasteiger partial charge in [0.25, 0.3) is 0 Å². The molecule has 166 valence electrons. The van der Waals surface area contributed by atoms with Crippen molar-refractivity contribution in [1.29, 1.82) is 0 Å². The van der Waals surface area contributed by atoms with Crippen molar-refractivity contribution in [3.63, 3.8) is 0 Å². The van der Waals surface area contributed by atoms with Crippen LogP contribution in [0.15, 0.2) is 22.5 Å². The van der Waals surface area contributed by atoms with Gasteiger partial charge in [0, 0.05) is 0 Å². The average molecular weight is 528 g/mol. The molecule has 0 amide bonds. The second-order valence-electron chi connectivity index (χ2n) is 8.44. The Labute approximate surface area is 188 Å². The maximum absolute atomic E-state index is 13.5. The van der Waals surface area contributed by atoms with Gasteiger partial charge in [0.1, 0.15) is 0 Å². The van der Waals surface area contributed by atoms with Gasteiger partial charge in [-0.05, 0) is 0 Å². The Hall–Kier alpha value is -0.361. The molecule has 1 heterocycles. The van der Waals surface area contributed by atoms with Crippen LogP contribution in [-0.4, -0.2) is 36.5 Å². The predicted octanol–water partition coefficient (Wildman–Crippen LogP) is 7.86. The van der Waals surface area contributed by atoms with Gasteiger partial charge in [-0.2, -0.15) is 0 Å². The standard InChI is InChI=1S/C12H17NO2S.3C4H9.Sn/c1-4-8(2)11(12(14)15)13-9(3)10-6-5-7-16-10;3*1-3-4-2;/h5-8,11H,4H2,1-3H3,(H,14,15);3*1,3-4H2,2H3;/q;;;;+1/p-1. The second-order valence-corrected chi connectivity index (χ2v) is 21.0. The van der Waals surface area contributed by atoms with Crippen molar-refractivity contribution in [3.8, 4) is 0 Å². The van der Waals surface area contributed by atoms with Crippen LogP contribution in [0, 0.1) is 5.92 Å². The summed E-state index contributed by atoms with van der Waals surface area (Å²) < 4.78 is 10.2. The fourth-order valence-corrected chi connectivity index (χ4v) is 17.5. The molecule has 0 aliphatic carbocycles. The third kappa shape index (κ3) is 9.12. The molecule has 2 unspecified atom stereocenters. The topological polar surface area (TPSA) is 38.7 Å². The van der Waals surface area contributed by atoms with Crippen LogP contribution in [0.2, 0.25) is 13.3 Å². The van der Waals surface area contributed by atoms with E-state index in [1.54, 1.807) is 11.3 Å². The fraction of sp³-hybridized carbons (Fsp3) is 0.750. The Bertz CT molecular complexity index is 578. The number of carbonyl (C=O) groups is 1. The molecule has 1 aromatic rings. The van der Waals surface area contributed by atoms with Crippen molar-refractivity contribution >= 4 is 41.8 Å². The molecule has 0 N–H and O–H groups in total. The molecule has 5 heteroatoms. The summed E-state index contributed by atoms with van der Waals surface area (Å²) in [6, 6.07) is 3.75. The zero-order chi connectivity index (χ0) is 21.7. The first kappa shape index (κ1) is 26.7. The zero-order valence-corrected chi connectivity index (χ0v) is 23.3. The number of hydrogen-bond donors (Lipinski definition) is 0. The molecule has 0 bridgehead atoms. The van der Waals surface area contributed by atoms with Crippen LogP contribution in [0.5, 0.6) is 0 Å². The van der Waals surface area contributed by atoms with Crippen molar-refractivity contribution in [1.82, 2.24) is 0 Å². The van der Waals surface area contributed by atoms with Crippen molar-refractivity contribution in [3.05, 3.63) is 22.4 Å². The van der Waals surface area contributed by atoms with Crippen LogP contribution in [0.3, 0.4) is 0 Å². The summed E-state index contributed by atoms with van der Waals surface area (Å²) >= 11 is -1.29. The molecule has 0 saturated heterocycles. The summed E-state index contributed by atoms with van der Waals surface area (Å²) in [6.45, 7) is 13.0. The normalized spacial score (nSPS) is 14.6. The number of nitrogens with zero attached hydrogens (tertiary/aromatic N) is 1. The average Bonchev–Trinajstić information content (AvgIpc) is 3.27. The number of rotatable bonds is 15. The van der Waals surface area contributed by atoms with Gasteiger partial charge in [-0.3, -0.25) is 0 Å². The predicted molar refractivity (Wildman–Crippen MR) is 131 cm³/mol. The molecule has 0 aliphatic rings. The van der Waals surface area contributed by atoms with Gasteiger partial charge >= 0.3 is 189 Å². The molecule has 0 radical (unpaired) electrons. The van der Waals surface area contributed by atoms with E-state index in [0.29, 0.717) is 0 Å². The molecule has 0 aromatic carbocycles. The molecular formula is C24H43NO2SSn. The van der Waals surface area contributed by atoms with Gasteiger partial charge in [-0.25, -0.2) is 0 Å². The van der Waals surface area contributed by atoms with E-state index in [9.17, 15) is 4.79 Å². The Morgan fingerprint density at radius 1 is 1.07 bits per heavy atom. The molecule has 3 nitrogen and oxygen atoms in total. The molecule has 0 fully saturated rings. The summed E-state index contributed by atoms with van der Waals surface area (Å²) in [5.41, 5.74) is 0.957. The van der Waals surface area contributed by atoms with E-state index in [1.165, 1.54) is 51.8 Å². The quantitative estimate of drug-likeness (QED) is 0.172. The van der Waals surface area contributed by atoms with Crippen LogP contribution in [0.1, 0.15) is 91.4 Å². The summed E-state index contributed by atoms with van der Waals surface area (Å²) in [5, 5.41) is 2.06. The van der Waals surface area contributed by atoms with Crippen LogP contribution in [0.4, 0.5) is 0 Å². The number of aliphatic imine (C=N–C) groups is 1. The summed E-state index contributed by atoms with van der Waals surface area (Å²) in [7, 11) is 0. The van der Waals surface area contributed by atoms with Crippen LogP contribution in [0.25, 0.3) is 0 Å². The Balaban J connectivity index is 3.12. The summed E-state index contributed by atoms with van der Waals surface area (Å²) in [5.74, 6) is 0.166. The third-order valence-corrected chi connectivity index (χ3v) is 19.5.